The molecule has 0 fully saturated rings. The summed E-state index contributed by atoms with van der Waals surface area (Å²) in [7, 11) is 0. The number of furan rings is 1. The molecule has 1 nitrogen and oxygen atoms in total. The van der Waals surface area contributed by atoms with Crippen LogP contribution in [0.4, 0.5) is 0 Å². The second-order valence-electron chi connectivity index (χ2n) is 2.62. The van der Waals surface area contributed by atoms with Crippen LogP contribution in [0.2, 0.25) is 0 Å². The summed E-state index contributed by atoms with van der Waals surface area (Å²) < 4.78 is 5.10. The van der Waals surface area contributed by atoms with Gasteiger partial charge in [-0.25, -0.2) is 0 Å². The Morgan fingerprint density at radius 2 is 2.30 bits per heavy atom. The number of hydrogen-bond acceptors (Lipinski definition) is 1. The fraction of sp³-hybridized carbons (Fsp3) is 0.333. The van der Waals surface area contributed by atoms with Gasteiger partial charge in [-0.3, -0.25) is 0 Å². The van der Waals surface area contributed by atoms with Crippen LogP contribution < -0.4 is 0 Å². The van der Waals surface area contributed by atoms with E-state index in [9.17, 15) is 0 Å². The quantitative estimate of drug-likeness (QED) is 0.609. The zero-order valence-corrected chi connectivity index (χ0v) is 6.37. The first-order chi connectivity index (χ1) is 4.79. The zero-order valence-electron chi connectivity index (χ0n) is 6.37. The molecular weight excluding hydrogens is 124 g/mol. The SMILES string of the molecule is CC(C)/C=C/c1ccco1. The smallest absolute Gasteiger partial charge is 0.126 e. The molecule has 0 saturated carbocycles. The summed E-state index contributed by atoms with van der Waals surface area (Å²) in [5, 5.41) is 0. The highest BCUT2D eigenvalue weighted by Crippen LogP contribution is 2.04. The Balaban J connectivity index is 2.55. The van der Waals surface area contributed by atoms with Gasteiger partial charge in [-0.15, -0.1) is 0 Å². The van der Waals surface area contributed by atoms with Gasteiger partial charge in [0, 0.05) is 0 Å². The van der Waals surface area contributed by atoms with Gasteiger partial charge in [0.1, 0.15) is 5.76 Å². The molecule has 54 valence electrons. The van der Waals surface area contributed by atoms with E-state index in [0.29, 0.717) is 5.92 Å². The van der Waals surface area contributed by atoms with Crippen LogP contribution in [0, 0.1) is 5.92 Å². The molecule has 0 atom stereocenters. The minimum absolute atomic E-state index is 0.588. The standard InChI is InChI=1S/C9H12O/c1-8(2)5-6-9-4-3-7-10-9/h3-8H,1-2H3/b6-5+. The van der Waals surface area contributed by atoms with Gasteiger partial charge in [0.05, 0.1) is 6.26 Å². The molecule has 0 radical (unpaired) electrons. The summed E-state index contributed by atoms with van der Waals surface area (Å²) in [6.45, 7) is 4.28. The van der Waals surface area contributed by atoms with Crippen molar-refractivity contribution in [3.63, 3.8) is 0 Å². The van der Waals surface area contributed by atoms with E-state index in [4.69, 9.17) is 4.42 Å². The van der Waals surface area contributed by atoms with Crippen molar-refractivity contribution in [1.29, 1.82) is 0 Å². The topological polar surface area (TPSA) is 13.1 Å². The maximum Gasteiger partial charge on any atom is 0.126 e. The lowest BCUT2D eigenvalue weighted by Gasteiger charge is -1.90. The summed E-state index contributed by atoms with van der Waals surface area (Å²) >= 11 is 0. The molecule has 0 amide bonds. The normalized spacial score (nSPS) is 11.5. The lowest BCUT2D eigenvalue weighted by Crippen LogP contribution is -1.75. The molecule has 0 spiro atoms. The van der Waals surface area contributed by atoms with Gasteiger partial charge in [0.15, 0.2) is 0 Å². The minimum atomic E-state index is 0.588. The van der Waals surface area contributed by atoms with Crippen molar-refractivity contribution in [3.8, 4) is 0 Å². The third kappa shape index (κ3) is 2.09. The monoisotopic (exact) mass is 136 g/mol. The Morgan fingerprint density at radius 3 is 2.80 bits per heavy atom. The van der Waals surface area contributed by atoms with Crippen molar-refractivity contribution < 1.29 is 4.42 Å². The molecule has 0 aliphatic rings. The van der Waals surface area contributed by atoms with Gasteiger partial charge in [-0.05, 0) is 24.1 Å². The van der Waals surface area contributed by atoms with Crippen LogP contribution in [0.1, 0.15) is 19.6 Å². The molecule has 0 bridgehead atoms. The second-order valence-corrected chi connectivity index (χ2v) is 2.62. The van der Waals surface area contributed by atoms with Crippen LogP contribution in [0.15, 0.2) is 28.9 Å². The molecule has 1 heteroatoms. The predicted octanol–water partition coefficient (Wildman–Crippen LogP) is 2.95. The summed E-state index contributed by atoms with van der Waals surface area (Å²) in [5.74, 6) is 1.51. The lowest BCUT2D eigenvalue weighted by atomic mass is 10.2. The van der Waals surface area contributed by atoms with Gasteiger partial charge >= 0.3 is 0 Å². The van der Waals surface area contributed by atoms with Crippen molar-refractivity contribution in [2.75, 3.05) is 0 Å². The maximum absolute atomic E-state index is 5.10. The summed E-state index contributed by atoms with van der Waals surface area (Å²) in [5.41, 5.74) is 0. The van der Waals surface area contributed by atoms with Gasteiger partial charge < -0.3 is 4.42 Å². The highest BCUT2D eigenvalue weighted by Gasteiger charge is 1.87. The number of hydrogen-bond donors (Lipinski definition) is 0. The fourth-order valence-corrected chi connectivity index (χ4v) is 0.673. The Kier molecular flexibility index (Phi) is 2.32. The van der Waals surface area contributed by atoms with E-state index < -0.39 is 0 Å². The Bertz CT molecular complexity index is 195. The summed E-state index contributed by atoms with van der Waals surface area (Å²) in [4.78, 5) is 0. The molecule has 0 N–H and O–H groups in total. The first-order valence-corrected chi connectivity index (χ1v) is 3.51. The van der Waals surface area contributed by atoms with E-state index in [0.717, 1.165) is 5.76 Å². The van der Waals surface area contributed by atoms with Crippen LogP contribution in [0.25, 0.3) is 6.08 Å². The van der Waals surface area contributed by atoms with E-state index in [1.54, 1.807) is 6.26 Å². The Hall–Kier alpha value is -0.980. The van der Waals surface area contributed by atoms with Crippen molar-refractivity contribution in [3.05, 3.63) is 30.2 Å². The van der Waals surface area contributed by atoms with Crippen LogP contribution in [0.5, 0.6) is 0 Å². The van der Waals surface area contributed by atoms with Gasteiger partial charge in [-0.1, -0.05) is 19.9 Å². The molecule has 1 rings (SSSR count). The maximum atomic E-state index is 5.10. The second kappa shape index (κ2) is 3.25. The van der Waals surface area contributed by atoms with Crippen LogP contribution in [-0.4, -0.2) is 0 Å². The van der Waals surface area contributed by atoms with E-state index in [1.165, 1.54) is 0 Å². The number of allylic oxidation sites excluding steroid dienone is 1. The van der Waals surface area contributed by atoms with Crippen molar-refractivity contribution in [2.24, 2.45) is 5.92 Å². The molecule has 1 aromatic heterocycles. The Labute approximate surface area is 61.4 Å². The fourth-order valence-electron chi connectivity index (χ4n) is 0.673. The van der Waals surface area contributed by atoms with Crippen LogP contribution >= 0.6 is 0 Å². The van der Waals surface area contributed by atoms with E-state index in [1.807, 2.05) is 18.2 Å². The average Bonchev–Trinajstić information content (AvgIpc) is 2.34. The van der Waals surface area contributed by atoms with Gasteiger partial charge in [0.25, 0.3) is 0 Å². The Morgan fingerprint density at radius 1 is 1.50 bits per heavy atom. The largest absolute Gasteiger partial charge is 0.465 e. The third-order valence-electron chi connectivity index (χ3n) is 1.19. The highest BCUT2D eigenvalue weighted by molar-refractivity contribution is 5.42. The molecule has 0 saturated heterocycles. The minimum Gasteiger partial charge on any atom is -0.465 e. The van der Waals surface area contributed by atoms with Crippen LogP contribution in [-0.2, 0) is 0 Å². The highest BCUT2D eigenvalue weighted by atomic mass is 16.3. The van der Waals surface area contributed by atoms with E-state index in [-0.39, 0.29) is 0 Å². The predicted molar refractivity (Wildman–Crippen MR) is 42.6 cm³/mol. The van der Waals surface area contributed by atoms with Crippen molar-refractivity contribution in [2.45, 2.75) is 13.8 Å². The third-order valence-corrected chi connectivity index (χ3v) is 1.19. The first kappa shape index (κ1) is 7.13. The van der Waals surface area contributed by atoms with Crippen molar-refractivity contribution >= 4 is 6.08 Å². The molecule has 10 heavy (non-hydrogen) atoms. The summed E-state index contributed by atoms with van der Waals surface area (Å²) in [6, 6.07) is 3.83. The molecule has 1 heterocycles. The zero-order chi connectivity index (χ0) is 7.40. The molecule has 0 aliphatic heterocycles. The molecule has 0 unspecified atom stereocenters. The molecular formula is C9H12O. The van der Waals surface area contributed by atoms with Gasteiger partial charge in [0.2, 0.25) is 0 Å². The molecule has 0 aliphatic carbocycles. The lowest BCUT2D eigenvalue weighted by molar-refractivity contribution is 0.556. The van der Waals surface area contributed by atoms with E-state index >= 15 is 0 Å². The molecule has 1 aromatic rings. The van der Waals surface area contributed by atoms with Crippen LogP contribution in [0.3, 0.4) is 0 Å². The average molecular weight is 136 g/mol. The van der Waals surface area contributed by atoms with Gasteiger partial charge in [-0.2, -0.15) is 0 Å². The van der Waals surface area contributed by atoms with Crippen molar-refractivity contribution in [1.82, 2.24) is 0 Å². The van der Waals surface area contributed by atoms with E-state index in [2.05, 4.69) is 19.9 Å². The summed E-state index contributed by atoms with van der Waals surface area (Å²) in [6.07, 6.45) is 5.78. The number of rotatable bonds is 2. The molecule has 0 aromatic carbocycles. The first-order valence-electron chi connectivity index (χ1n) is 3.51.